The minimum atomic E-state index is 0.638. The molecule has 0 spiro atoms. The van der Waals surface area contributed by atoms with E-state index in [4.69, 9.17) is 9.47 Å². The molecule has 0 saturated carbocycles. The lowest BCUT2D eigenvalue weighted by Crippen LogP contribution is -2.21. The molecule has 0 aliphatic carbocycles. The fourth-order valence-electron chi connectivity index (χ4n) is 1.26. The molecule has 3 nitrogen and oxygen atoms in total. The minimum absolute atomic E-state index is 0.638. The molecular formula is C12H27NO2. The van der Waals surface area contributed by atoms with Crippen molar-refractivity contribution < 1.29 is 9.47 Å². The van der Waals surface area contributed by atoms with Crippen LogP contribution in [0.1, 0.15) is 33.1 Å². The van der Waals surface area contributed by atoms with Crippen molar-refractivity contribution in [2.75, 3.05) is 40.0 Å². The van der Waals surface area contributed by atoms with Gasteiger partial charge in [-0.05, 0) is 31.7 Å². The maximum absolute atomic E-state index is 5.46. The van der Waals surface area contributed by atoms with Crippen LogP contribution in [0.15, 0.2) is 0 Å². The van der Waals surface area contributed by atoms with Crippen LogP contribution in [0.5, 0.6) is 0 Å². The van der Waals surface area contributed by atoms with Crippen molar-refractivity contribution in [3.63, 3.8) is 0 Å². The van der Waals surface area contributed by atoms with Crippen molar-refractivity contribution in [3.05, 3.63) is 0 Å². The van der Waals surface area contributed by atoms with E-state index in [1.807, 2.05) is 0 Å². The zero-order chi connectivity index (χ0) is 11.4. The summed E-state index contributed by atoms with van der Waals surface area (Å²) in [5, 5.41) is 3.37. The summed E-state index contributed by atoms with van der Waals surface area (Å²) in [4.78, 5) is 0. The molecule has 0 fully saturated rings. The molecule has 0 rings (SSSR count). The molecule has 0 aromatic rings. The summed E-state index contributed by atoms with van der Waals surface area (Å²) in [6.45, 7) is 8.99. The zero-order valence-corrected chi connectivity index (χ0v) is 10.6. The molecule has 92 valence electrons. The Hall–Kier alpha value is -0.120. The first-order valence-corrected chi connectivity index (χ1v) is 6.04. The third-order valence-electron chi connectivity index (χ3n) is 2.08. The molecule has 1 N–H and O–H groups in total. The number of rotatable bonds is 11. The Labute approximate surface area is 94.5 Å². The average molecular weight is 217 g/mol. The summed E-state index contributed by atoms with van der Waals surface area (Å²) >= 11 is 0. The van der Waals surface area contributed by atoms with E-state index in [9.17, 15) is 0 Å². The van der Waals surface area contributed by atoms with E-state index in [0.29, 0.717) is 5.92 Å². The number of unbranched alkanes of at least 4 members (excludes halogenated alkanes) is 2. The standard InChI is InChI=1S/C12H27NO2/c1-12(2)11-15-10-8-13-7-5-4-6-9-14-3/h12-13H,4-11H2,1-3H3. The SMILES string of the molecule is COCCCCCNCCOCC(C)C. The van der Waals surface area contributed by atoms with Crippen LogP contribution in [0.4, 0.5) is 0 Å². The summed E-state index contributed by atoms with van der Waals surface area (Å²) in [6.07, 6.45) is 3.64. The molecule has 0 aromatic carbocycles. The largest absolute Gasteiger partial charge is 0.385 e. The van der Waals surface area contributed by atoms with E-state index in [1.54, 1.807) is 7.11 Å². The van der Waals surface area contributed by atoms with Crippen LogP contribution in [0.2, 0.25) is 0 Å². The Balaban J connectivity index is 2.87. The number of hydrogen-bond donors (Lipinski definition) is 1. The summed E-state index contributed by atoms with van der Waals surface area (Å²) in [5.74, 6) is 0.638. The average Bonchev–Trinajstić information content (AvgIpc) is 2.20. The summed E-state index contributed by atoms with van der Waals surface area (Å²) < 4.78 is 10.4. The van der Waals surface area contributed by atoms with E-state index in [1.165, 1.54) is 19.3 Å². The van der Waals surface area contributed by atoms with Crippen LogP contribution < -0.4 is 5.32 Å². The summed E-state index contributed by atoms with van der Waals surface area (Å²) in [5.41, 5.74) is 0. The van der Waals surface area contributed by atoms with Gasteiger partial charge in [0.05, 0.1) is 6.61 Å². The molecule has 15 heavy (non-hydrogen) atoms. The van der Waals surface area contributed by atoms with E-state index < -0.39 is 0 Å². The minimum Gasteiger partial charge on any atom is -0.385 e. The van der Waals surface area contributed by atoms with Gasteiger partial charge in [-0.1, -0.05) is 13.8 Å². The van der Waals surface area contributed by atoms with Gasteiger partial charge < -0.3 is 14.8 Å². The lowest BCUT2D eigenvalue weighted by molar-refractivity contribution is 0.112. The molecule has 0 unspecified atom stereocenters. The van der Waals surface area contributed by atoms with Crippen molar-refractivity contribution in [2.45, 2.75) is 33.1 Å². The summed E-state index contributed by atoms with van der Waals surface area (Å²) in [6, 6.07) is 0. The van der Waals surface area contributed by atoms with Gasteiger partial charge in [-0.25, -0.2) is 0 Å². The topological polar surface area (TPSA) is 30.5 Å². The zero-order valence-electron chi connectivity index (χ0n) is 10.6. The molecule has 0 aliphatic rings. The summed E-state index contributed by atoms with van der Waals surface area (Å²) in [7, 11) is 1.75. The Morgan fingerprint density at radius 3 is 2.47 bits per heavy atom. The van der Waals surface area contributed by atoms with E-state index in [-0.39, 0.29) is 0 Å². The number of methoxy groups -OCH3 is 1. The van der Waals surface area contributed by atoms with Crippen LogP contribution in [-0.4, -0.2) is 40.0 Å². The lowest BCUT2D eigenvalue weighted by atomic mass is 10.2. The van der Waals surface area contributed by atoms with E-state index >= 15 is 0 Å². The van der Waals surface area contributed by atoms with Gasteiger partial charge in [-0.3, -0.25) is 0 Å². The maximum atomic E-state index is 5.46. The Bertz CT molecular complexity index is 118. The predicted octanol–water partition coefficient (Wildman–Crippen LogP) is 2.07. The van der Waals surface area contributed by atoms with E-state index in [0.717, 1.165) is 32.9 Å². The van der Waals surface area contributed by atoms with Crippen molar-refractivity contribution >= 4 is 0 Å². The Morgan fingerprint density at radius 2 is 1.80 bits per heavy atom. The first kappa shape index (κ1) is 14.9. The van der Waals surface area contributed by atoms with Gasteiger partial charge in [0.25, 0.3) is 0 Å². The smallest absolute Gasteiger partial charge is 0.0591 e. The lowest BCUT2D eigenvalue weighted by Gasteiger charge is -2.07. The van der Waals surface area contributed by atoms with Crippen molar-refractivity contribution in [3.8, 4) is 0 Å². The first-order chi connectivity index (χ1) is 7.27. The van der Waals surface area contributed by atoms with Gasteiger partial charge in [0.2, 0.25) is 0 Å². The number of hydrogen-bond acceptors (Lipinski definition) is 3. The highest BCUT2D eigenvalue weighted by atomic mass is 16.5. The van der Waals surface area contributed by atoms with Crippen LogP contribution in [0.3, 0.4) is 0 Å². The highest BCUT2D eigenvalue weighted by molar-refractivity contribution is 4.48. The fraction of sp³-hybridized carbons (Fsp3) is 1.00. The molecule has 0 aliphatic heterocycles. The molecule has 3 heteroatoms. The van der Waals surface area contributed by atoms with Crippen molar-refractivity contribution in [2.24, 2.45) is 5.92 Å². The maximum Gasteiger partial charge on any atom is 0.0591 e. The van der Waals surface area contributed by atoms with Crippen LogP contribution in [0.25, 0.3) is 0 Å². The normalized spacial score (nSPS) is 11.2. The van der Waals surface area contributed by atoms with Gasteiger partial charge in [-0.15, -0.1) is 0 Å². The molecule has 0 atom stereocenters. The molecular weight excluding hydrogens is 190 g/mol. The van der Waals surface area contributed by atoms with Gasteiger partial charge in [-0.2, -0.15) is 0 Å². The number of nitrogens with one attached hydrogen (secondary N) is 1. The quantitative estimate of drug-likeness (QED) is 0.537. The van der Waals surface area contributed by atoms with Gasteiger partial charge in [0.15, 0.2) is 0 Å². The second kappa shape index (κ2) is 12.0. The molecule has 0 amide bonds. The number of ether oxygens (including phenoxy) is 2. The van der Waals surface area contributed by atoms with Gasteiger partial charge in [0.1, 0.15) is 0 Å². The highest BCUT2D eigenvalue weighted by Crippen LogP contribution is 1.94. The molecule has 0 heterocycles. The molecule has 0 radical (unpaired) electrons. The fourth-order valence-corrected chi connectivity index (χ4v) is 1.26. The monoisotopic (exact) mass is 217 g/mol. The third kappa shape index (κ3) is 13.9. The highest BCUT2D eigenvalue weighted by Gasteiger charge is 1.93. The van der Waals surface area contributed by atoms with Crippen LogP contribution in [-0.2, 0) is 9.47 Å². The van der Waals surface area contributed by atoms with Crippen LogP contribution >= 0.6 is 0 Å². The second-order valence-electron chi connectivity index (χ2n) is 4.27. The van der Waals surface area contributed by atoms with Crippen molar-refractivity contribution in [1.82, 2.24) is 5.32 Å². The molecule has 0 aromatic heterocycles. The van der Waals surface area contributed by atoms with Gasteiger partial charge in [0, 0.05) is 26.9 Å². The van der Waals surface area contributed by atoms with Crippen molar-refractivity contribution in [1.29, 1.82) is 0 Å². The second-order valence-corrected chi connectivity index (χ2v) is 4.27. The molecule has 0 saturated heterocycles. The molecule has 0 bridgehead atoms. The van der Waals surface area contributed by atoms with Gasteiger partial charge >= 0.3 is 0 Å². The Kier molecular flexibility index (Phi) is 11.9. The Morgan fingerprint density at radius 1 is 1.00 bits per heavy atom. The van der Waals surface area contributed by atoms with Crippen LogP contribution in [0, 0.1) is 5.92 Å². The predicted molar refractivity (Wildman–Crippen MR) is 64.3 cm³/mol. The third-order valence-corrected chi connectivity index (χ3v) is 2.08. The van der Waals surface area contributed by atoms with E-state index in [2.05, 4.69) is 19.2 Å². The first-order valence-electron chi connectivity index (χ1n) is 6.04.